The van der Waals surface area contributed by atoms with Gasteiger partial charge in [-0.25, -0.2) is 10.4 Å². The first-order valence-electron chi connectivity index (χ1n) is 8.26. The maximum atomic E-state index is 9.22. The zero-order valence-electron chi connectivity index (χ0n) is 14.5. The second-order valence-corrected chi connectivity index (χ2v) is 5.36. The first-order chi connectivity index (χ1) is 12.2. The number of para-hydroxylation sites is 1. The SMILES string of the molecule is C=CCOc1ccccc1/C=N/Nc1oc(C(CC)CC)nc1C#N. The Balaban J connectivity index is 2.15. The minimum atomic E-state index is 0.194. The quantitative estimate of drug-likeness (QED) is 0.414. The molecular weight excluding hydrogens is 316 g/mol. The number of oxazole rings is 1. The van der Waals surface area contributed by atoms with Gasteiger partial charge < -0.3 is 9.15 Å². The van der Waals surface area contributed by atoms with Gasteiger partial charge in [-0.3, -0.25) is 0 Å². The van der Waals surface area contributed by atoms with E-state index in [-0.39, 0.29) is 17.5 Å². The van der Waals surface area contributed by atoms with Gasteiger partial charge in [-0.05, 0) is 25.0 Å². The summed E-state index contributed by atoms with van der Waals surface area (Å²) in [7, 11) is 0. The lowest BCUT2D eigenvalue weighted by molar-refractivity contribution is 0.363. The summed E-state index contributed by atoms with van der Waals surface area (Å²) >= 11 is 0. The second kappa shape index (κ2) is 9.28. The zero-order chi connectivity index (χ0) is 18.1. The second-order valence-electron chi connectivity index (χ2n) is 5.36. The normalized spacial score (nSPS) is 10.8. The molecule has 130 valence electrons. The van der Waals surface area contributed by atoms with Crippen molar-refractivity contribution in [2.24, 2.45) is 5.10 Å². The van der Waals surface area contributed by atoms with Crippen LogP contribution in [0.4, 0.5) is 5.88 Å². The molecule has 0 radical (unpaired) electrons. The molecule has 0 aliphatic carbocycles. The molecule has 0 saturated heterocycles. The molecule has 25 heavy (non-hydrogen) atoms. The Hall–Kier alpha value is -3.07. The lowest BCUT2D eigenvalue weighted by Gasteiger charge is -2.06. The summed E-state index contributed by atoms with van der Waals surface area (Å²) in [4.78, 5) is 4.25. The summed E-state index contributed by atoms with van der Waals surface area (Å²) in [5.74, 6) is 1.71. The monoisotopic (exact) mass is 338 g/mol. The van der Waals surface area contributed by atoms with E-state index in [2.05, 4.69) is 35.9 Å². The molecule has 1 aromatic carbocycles. The molecule has 6 nitrogen and oxygen atoms in total. The van der Waals surface area contributed by atoms with Gasteiger partial charge in [0, 0.05) is 11.5 Å². The van der Waals surface area contributed by atoms with Crippen molar-refractivity contribution >= 4 is 12.1 Å². The first-order valence-corrected chi connectivity index (χ1v) is 8.26. The lowest BCUT2D eigenvalue weighted by Crippen LogP contribution is -1.98. The van der Waals surface area contributed by atoms with E-state index in [1.165, 1.54) is 0 Å². The summed E-state index contributed by atoms with van der Waals surface area (Å²) in [6, 6.07) is 9.54. The third-order valence-electron chi connectivity index (χ3n) is 3.73. The number of hydrazone groups is 1. The molecule has 0 saturated carbocycles. The zero-order valence-corrected chi connectivity index (χ0v) is 14.5. The molecular formula is C19H22N4O2. The minimum Gasteiger partial charge on any atom is -0.489 e. The number of aromatic nitrogens is 1. The van der Waals surface area contributed by atoms with E-state index in [0.29, 0.717) is 18.2 Å². The largest absolute Gasteiger partial charge is 0.489 e. The Morgan fingerprint density at radius 2 is 2.16 bits per heavy atom. The average Bonchev–Trinajstić information content (AvgIpc) is 3.05. The molecule has 0 fully saturated rings. The van der Waals surface area contributed by atoms with Gasteiger partial charge in [0.05, 0.1) is 6.21 Å². The number of nitrogens with one attached hydrogen (secondary N) is 1. The highest BCUT2D eigenvalue weighted by Gasteiger charge is 2.18. The van der Waals surface area contributed by atoms with E-state index < -0.39 is 0 Å². The topological polar surface area (TPSA) is 83.4 Å². The van der Waals surface area contributed by atoms with Crippen LogP contribution >= 0.6 is 0 Å². The van der Waals surface area contributed by atoms with Gasteiger partial charge in [0.25, 0.3) is 5.88 Å². The van der Waals surface area contributed by atoms with E-state index in [9.17, 15) is 5.26 Å². The highest BCUT2D eigenvalue weighted by molar-refractivity contribution is 5.83. The van der Waals surface area contributed by atoms with Gasteiger partial charge in [-0.15, -0.1) is 0 Å². The molecule has 6 heteroatoms. The van der Waals surface area contributed by atoms with E-state index in [1.807, 2.05) is 30.3 Å². The number of hydrogen-bond donors (Lipinski definition) is 1. The smallest absolute Gasteiger partial charge is 0.252 e. The van der Waals surface area contributed by atoms with Crippen molar-refractivity contribution in [2.45, 2.75) is 32.6 Å². The molecule has 0 atom stereocenters. The molecule has 0 aliphatic heterocycles. The van der Waals surface area contributed by atoms with Crippen LogP contribution in [0.5, 0.6) is 5.75 Å². The third kappa shape index (κ3) is 4.70. The van der Waals surface area contributed by atoms with Crippen LogP contribution in [0.3, 0.4) is 0 Å². The standard InChI is InChI=1S/C19H22N4O2/c1-4-11-24-17-10-8-7-9-15(17)13-21-23-19-16(12-20)22-18(25-19)14(5-2)6-3/h4,7-10,13-14,23H,1,5-6,11H2,2-3H3/b21-13+. The average molecular weight is 338 g/mol. The fourth-order valence-corrected chi connectivity index (χ4v) is 2.33. The van der Waals surface area contributed by atoms with Gasteiger partial charge in [0.2, 0.25) is 11.6 Å². The molecule has 1 N–H and O–H groups in total. The highest BCUT2D eigenvalue weighted by Crippen LogP contribution is 2.27. The molecule has 1 aromatic heterocycles. The number of nitrogens with zero attached hydrogens (tertiary/aromatic N) is 3. The van der Waals surface area contributed by atoms with Gasteiger partial charge in [0.1, 0.15) is 18.4 Å². The Bertz CT molecular complexity index is 770. The number of hydrogen-bond acceptors (Lipinski definition) is 6. The number of nitriles is 1. The summed E-state index contributed by atoms with van der Waals surface area (Å²) in [6.45, 7) is 8.18. The van der Waals surface area contributed by atoms with Crippen molar-refractivity contribution in [1.82, 2.24) is 4.98 Å². The van der Waals surface area contributed by atoms with Crippen molar-refractivity contribution < 1.29 is 9.15 Å². The summed E-state index contributed by atoms with van der Waals surface area (Å²) < 4.78 is 11.3. The predicted octanol–water partition coefficient (Wildman–Crippen LogP) is 4.46. The summed E-state index contributed by atoms with van der Waals surface area (Å²) in [5.41, 5.74) is 3.77. The maximum absolute atomic E-state index is 9.22. The van der Waals surface area contributed by atoms with E-state index >= 15 is 0 Å². The van der Waals surface area contributed by atoms with Crippen molar-refractivity contribution in [1.29, 1.82) is 5.26 Å². The van der Waals surface area contributed by atoms with Crippen molar-refractivity contribution in [2.75, 3.05) is 12.0 Å². The molecule has 0 unspecified atom stereocenters. The molecule has 0 amide bonds. The van der Waals surface area contributed by atoms with Gasteiger partial charge in [-0.2, -0.15) is 10.4 Å². The number of rotatable bonds is 9. The number of benzene rings is 1. The Morgan fingerprint density at radius 1 is 1.40 bits per heavy atom. The van der Waals surface area contributed by atoms with Crippen molar-refractivity contribution in [3.8, 4) is 11.8 Å². The van der Waals surface area contributed by atoms with Crippen LogP contribution in [0.1, 0.15) is 49.8 Å². The van der Waals surface area contributed by atoms with Crippen LogP contribution in [0.15, 0.2) is 46.4 Å². The van der Waals surface area contributed by atoms with Crippen LogP contribution < -0.4 is 10.2 Å². The molecule has 2 aromatic rings. The molecule has 0 spiro atoms. The predicted molar refractivity (Wildman–Crippen MR) is 97.9 cm³/mol. The maximum Gasteiger partial charge on any atom is 0.252 e. The van der Waals surface area contributed by atoms with Crippen molar-refractivity contribution in [3.05, 3.63) is 54.1 Å². The van der Waals surface area contributed by atoms with E-state index in [0.717, 1.165) is 18.4 Å². The molecule has 0 aliphatic rings. The van der Waals surface area contributed by atoms with Crippen LogP contribution in [-0.4, -0.2) is 17.8 Å². The Labute approximate surface area is 147 Å². The van der Waals surface area contributed by atoms with Crippen LogP contribution in [-0.2, 0) is 0 Å². The first kappa shape index (κ1) is 18.3. The van der Waals surface area contributed by atoms with Gasteiger partial charge in [-0.1, -0.05) is 38.6 Å². The van der Waals surface area contributed by atoms with Gasteiger partial charge in [0.15, 0.2) is 0 Å². The van der Waals surface area contributed by atoms with E-state index in [4.69, 9.17) is 9.15 Å². The summed E-state index contributed by atoms with van der Waals surface area (Å²) in [5, 5.41) is 13.4. The fourth-order valence-electron chi connectivity index (χ4n) is 2.33. The summed E-state index contributed by atoms with van der Waals surface area (Å²) in [6.07, 6.45) is 5.09. The molecule has 0 bridgehead atoms. The third-order valence-corrected chi connectivity index (χ3v) is 3.73. The fraction of sp³-hybridized carbons (Fsp3) is 0.316. The van der Waals surface area contributed by atoms with Crippen LogP contribution in [0, 0.1) is 11.3 Å². The van der Waals surface area contributed by atoms with E-state index in [1.54, 1.807) is 12.3 Å². The number of anilines is 1. The molecule has 2 rings (SSSR count). The Kier molecular flexibility index (Phi) is 6.78. The highest BCUT2D eigenvalue weighted by atomic mass is 16.5. The number of ether oxygens (including phenoxy) is 1. The minimum absolute atomic E-state index is 0.194. The molecule has 1 heterocycles. The Morgan fingerprint density at radius 3 is 2.84 bits per heavy atom. The van der Waals surface area contributed by atoms with Crippen LogP contribution in [0.25, 0.3) is 0 Å². The van der Waals surface area contributed by atoms with Gasteiger partial charge >= 0.3 is 0 Å². The van der Waals surface area contributed by atoms with Crippen LogP contribution in [0.2, 0.25) is 0 Å². The van der Waals surface area contributed by atoms with Crippen molar-refractivity contribution in [3.63, 3.8) is 0 Å². The lowest BCUT2D eigenvalue weighted by atomic mass is 10.0.